The summed E-state index contributed by atoms with van der Waals surface area (Å²) in [5.41, 5.74) is 3.46. The molecule has 0 spiro atoms. The zero-order valence-electron chi connectivity index (χ0n) is 13.2. The second-order valence-corrected chi connectivity index (χ2v) is 5.98. The minimum atomic E-state index is 0.0937. The molecule has 1 unspecified atom stereocenters. The van der Waals surface area contributed by atoms with Gasteiger partial charge in [0.25, 0.3) is 0 Å². The smallest absolute Gasteiger partial charge is 0.0930 e. The molecule has 0 amide bonds. The Morgan fingerprint density at radius 3 is 2.67 bits per heavy atom. The van der Waals surface area contributed by atoms with E-state index in [1.807, 2.05) is 17.9 Å². The predicted octanol–water partition coefficient (Wildman–Crippen LogP) is 3.05. The van der Waals surface area contributed by atoms with Crippen molar-refractivity contribution in [2.75, 3.05) is 6.54 Å². The summed E-state index contributed by atoms with van der Waals surface area (Å²) >= 11 is 3.65. The van der Waals surface area contributed by atoms with Gasteiger partial charge in [0.15, 0.2) is 0 Å². The van der Waals surface area contributed by atoms with Gasteiger partial charge >= 0.3 is 0 Å². The third kappa shape index (κ3) is 3.37. The normalized spacial score (nSPS) is 12.8. The number of aryl methyl sites for hydroxylation is 3. The van der Waals surface area contributed by atoms with Crippen LogP contribution in [0.5, 0.6) is 0 Å². The number of hydrogen-bond acceptors (Lipinski definition) is 3. The van der Waals surface area contributed by atoms with Crippen LogP contribution < -0.4 is 5.32 Å². The summed E-state index contributed by atoms with van der Waals surface area (Å²) in [6.07, 6.45) is 3.89. The molecule has 0 fully saturated rings. The molecule has 1 atom stereocenters. The Bertz CT molecular complexity index is 587. The number of nitrogens with one attached hydrogen (secondary N) is 1. The van der Waals surface area contributed by atoms with Crippen molar-refractivity contribution < 1.29 is 0 Å². The van der Waals surface area contributed by atoms with E-state index in [2.05, 4.69) is 63.0 Å². The highest BCUT2D eigenvalue weighted by atomic mass is 79.9. The van der Waals surface area contributed by atoms with Crippen molar-refractivity contribution in [1.82, 2.24) is 24.9 Å². The van der Waals surface area contributed by atoms with Crippen LogP contribution in [0.3, 0.4) is 0 Å². The highest BCUT2D eigenvalue weighted by molar-refractivity contribution is 9.10. The van der Waals surface area contributed by atoms with Crippen molar-refractivity contribution in [3.05, 3.63) is 33.8 Å². The highest BCUT2D eigenvalue weighted by Gasteiger charge is 2.24. The maximum atomic E-state index is 4.58. The summed E-state index contributed by atoms with van der Waals surface area (Å²) in [6.45, 7) is 8.23. The topological polar surface area (TPSA) is 47.7 Å². The summed E-state index contributed by atoms with van der Waals surface area (Å²) in [5, 5.41) is 12.6. The fourth-order valence-corrected chi connectivity index (χ4v) is 3.11. The van der Waals surface area contributed by atoms with Gasteiger partial charge in [0.1, 0.15) is 0 Å². The molecule has 0 saturated carbocycles. The Balaban J connectivity index is 2.47. The van der Waals surface area contributed by atoms with Crippen molar-refractivity contribution in [3.8, 4) is 0 Å². The van der Waals surface area contributed by atoms with Gasteiger partial charge in [0.2, 0.25) is 0 Å². The predicted molar refractivity (Wildman–Crippen MR) is 88.3 cm³/mol. The van der Waals surface area contributed by atoms with E-state index in [0.29, 0.717) is 0 Å². The maximum absolute atomic E-state index is 4.58. The second-order valence-electron chi connectivity index (χ2n) is 5.13. The first-order valence-electron chi connectivity index (χ1n) is 7.59. The number of halogens is 1. The molecular weight excluding hydrogens is 330 g/mol. The Kier molecular flexibility index (Phi) is 5.58. The molecule has 0 radical (unpaired) electrons. The standard InChI is InChI=1S/C15H24BrN5/c1-5-8-21-15(12(16)10-18-21)14(17-7-3)13-9-11(6-2)19-20(13)4/h9-10,14,17H,5-8H2,1-4H3. The number of aromatic nitrogens is 4. The first kappa shape index (κ1) is 16.2. The van der Waals surface area contributed by atoms with Gasteiger partial charge in [0.05, 0.1) is 33.8 Å². The fraction of sp³-hybridized carbons (Fsp3) is 0.600. The van der Waals surface area contributed by atoms with Gasteiger partial charge in [0, 0.05) is 13.6 Å². The molecule has 6 heteroatoms. The van der Waals surface area contributed by atoms with Crippen LogP contribution in [0.1, 0.15) is 50.3 Å². The number of hydrogen-bond donors (Lipinski definition) is 1. The van der Waals surface area contributed by atoms with Crippen LogP contribution in [-0.2, 0) is 20.0 Å². The largest absolute Gasteiger partial charge is 0.304 e. The van der Waals surface area contributed by atoms with Crippen LogP contribution in [0.15, 0.2) is 16.7 Å². The molecule has 0 aliphatic rings. The SMILES string of the molecule is CCCn1ncc(Br)c1C(NCC)c1cc(CC)nn1C. The van der Waals surface area contributed by atoms with Crippen molar-refractivity contribution in [2.45, 2.75) is 46.2 Å². The molecule has 0 bridgehead atoms. The van der Waals surface area contributed by atoms with Gasteiger partial charge in [-0.15, -0.1) is 0 Å². The zero-order chi connectivity index (χ0) is 15.4. The van der Waals surface area contributed by atoms with Gasteiger partial charge in [-0.1, -0.05) is 20.8 Å². The van der Waals surface area contributed by atoms with Crippen LogP contribution in [0, 0.1) is 0 Å². The Morgan fingerprint density at radius 2 is 2.10 bits per heavy atom. The number of rotatable bonds is 7. The Labute approximate surface area is 134 Å². The maximum Gasteiger partial charge on any atom is 0.0930 e. The first-order chi connectivity index (χ1) is 10.1. The molecule has 1 N–H and O–H groups in total. The van der Waals surface area contributed by atoms with Crippen LogP contribution in [0.4, 0.5) is 0 Å². The van der Waals surface area contributed by atoms with Crippen molar-refractivity contribution in [3.63, 3.8) is 0 Å². The summed E-state index contributed by atoms with van der Waals surface area (Å²) in [5.74, 6) is 0. The first-order valence-corrected chi connectivity index (χ1v) is 8.38. The minimum absolute atomic E-state index is 0.0937. The average molecular weight is 354 g/mol. The lowest BCUT2D eigenvalue weighted by Gasteiger charge is -2.20. The summed E-state index contributed by atoms with van der Waals surface area (Å²) < 4.78 is 5.10. The molecule has 0 aliphatic carbocycles. The molecule has 0 saturated heterocycles. The molecule has 5 nitrogen and oxygen atoms in total. The second kappa shape index (κ2) is 7.22. The lowest BCUT2D eigenvalue weighted by Crippen LogP contribution is -2.27. The fourth-order valence-electron chi connectivity index (χ4n) is 2.58. The Hall–Kier alpha value is -1.14. The molecule has 0 aliphatic heterocycles. The third-order valence-electron chi connectivity index (χ3n) is 3.57. The van der Waals surface area contributed by atoms with Gasteiger partial charge in [-0.05, 0) is 41.4 Å². The third-order valence-corrected chi connectivity index (χ3v) is 4.19. The lowest BCUT2D eigenvalue weighted by atomic mass is 10.1. The quantitative estimate of drug-likeness (QED) is 0.831. The van der Waals surface area contributed by atoms with E-state index >= 15 is 0 Å². The van der Waals surface area contributed by atoms with Gasteiger partial charge in [-0.3, -0.25) is 9.36 Å². The van der Waals surface area contributed by atoms with E-state index in [1.54, 1.807) is 0 Å². The molecule has 2 aromatic heterocycles. The average Bonchev–Trinajstić information content (AvgIpc) is 3.01. The van der Waals surface area contributed by atoms with Crippen molar-refractivity contribution >= 4 is 15.9 Å². The van der Waals surface area contributed by atoms with E-state index in [-0.39, 0.29) is 6.04 Å². The summed E-state index contributed by atoms with van der Waals surface area (Å²) in [6, 6.07) is 2.28. The van der Waals surface area contributed by atoms with E-state index in [9.17, 15) is 0 Å². The van der Waals surface area contributed by atoms with Crippen molar-refractivity contribution in [1.29, 1.82) is 0 Å². The van der Waals surface area contributed by atoms with Crippen molar-refractivity contribution in [2.24, 2.45) is 7.05 Å². The van der Waals surface area contributed by atoms with E-state index in [1.165, 1.54) is 11.4 Å². The van der Waals surface area contributed by atoms with E-state index in [0.717, 1.165) is 36.1 Å². The molecule has 0 aromatic carbocycles. The highest BCUT2D eigenvalue weighted by Crippen LogP contribution is 2.29. The molecule has 21 heavy (non-hydrogen) atoms. The van der Waals surface area contributed by atoms with Crippen LogP contribution in [0.2, 0.25) is 0 Å². The van der Waals surface area contributed by atoms with Crippen LogP contribution in [0.25, 0.3) is 0 Å². The molecule has 2 aromatic rings. The lowest BCUT2D eigenvalue weighted by molar-refractivity contribution is 0.498. The molecule has 2 heterocycles. The van der Waals surface area contributed by atoms with Gasteiger partial charge < -0.3 is 5.32 Å². The molecular formula is C15H24BrN5. The summed E-state index contributed by atoms with van der Waals surface area (Å²) in [4.78, 5) is 0. The molecule has 116 valence electrons. The summed E-state index contributed by atoms with van der Waals surface area (Å²) in [7, 11) is 2.01. The van der Waals surface area contributed by atoms with Gasteiger partial charge in [-0.2, -0.15) is 10.2 Å². The zero-order valence-corrected chi connectivity index (χ0v) is 14.8. The molecule has 2 rings (SSSR count). The number of nitrogens with zero attached hydrogens (tertiary/aromatic N) is 4. The van der Waals surface area contributed by atoms with Crippen LogP contribution >= 0.6 is 15.9 Å². The van der Waals surface area contributed by atoms with E-state index in [4.69, 9.17) is 0 Å². The Morgan fingerprint density at radius 1 is 1.33 bits per heavy atom. The minimum Gasteiger partial charge on any atom is -0.304 e. The monoisotopic (exact) mass is 353 g/mol. The van der Waals surface area contributed by atoms with Gasteiger partial charge in [-0.25, -0.2) is 0 Å². The van der Waals surface area contributed by atoms with E-state index < -0.39 is 0 Å². The van der Waals surface area contributed by atoms with Crippen LogP contribution in [-0.4, -0.2) is 26.1 Å².